The van der Waals surface area contributed by atoms with Gasteiger partial charge in [-0.3, -0.25) is 9.05 Å². The lowest BCUT2D eigenvalue weighted by Crippen LogP contribution is -2.70. The molecule has 0 fully saturated rings. The maximum atomic E-state index is 11.6. The molecule has 0 radical (unpaired) electrons. The van der Waals surface area contributed by atoms with Crippen LogP contribution in [0.25, 0.3) is 17.7 Å². The van der Waals surface area contributed by atoms with Crippen LogP contribution in [-0.2, 0) is 24.1 Å². The second-order valence-electron chi connectivity index (χ2n) is 12.4. The predicted octanol–water partition coefficient (Wildman–Crippen LogP) is 2.35. The zero-order valence-electron chi connectivity index (χ0n) is 25.1. The molecule has 6 aliphatic heterocycles. The van der Waals surface area contributed by atoms with E-state index in [-0.39, 0.29) is 26.1 Å². The molecule has 1 aromatic carbocycles. The van der Waals surface area contributed by atoms with E-state index in [0.717, 1.165) is 61.6 Å². The van der Waals surface area contributed by atoms with Gasteiger partial charge in [-0.15, -0.1) is 0 Å². The van der Waals surface area contributed by atoms with Crippen molar-refractivity contribution >= 4 is 44.8 Å². The number of aromatic nitrogens is 2. The van der Waals surface area contributed by atoms with Gasteiger partial charge in [0.15, 0.2) is 0 Å². The molecule has 0 saturated carbocycles. The summed E-state index contributed by atoms with van der Waals surface area (Å²) in [6.07, 6.45) is 12.9. The van der Waals surface area contributed by atoms with Crippen LogP contribution in [-0.4, -0.2) is 62.5 Å². The lowest BCUT2D eigenvalue weighted by molar-refractivity contribution is -0.837. The van der Waals surface area contributed by atoms with Crippen molar-refractivity contribution in [2.45, 2.75) is 25.7 Å². The molecule has 4 N–H and O–H groups in total. The van der Waals surface area contributed by atoms with Gasteiger partial charge in [0.25, 0.3) is 0 Å². The Hall–Kier alpha value is -3.96. The number of aryl methyl sites for hydroxylation is 1. The van der Waals surface area contributed by atoms with Gasteiger partial charge in [0, 0.05) is 47.9 Å². The Labute approximate surface area is 268 Å². The van der Waals surface area contributed by atoms with Crippen molar-refractivity contribution in [3.8, 4) is 0 Å². The third kappa shape index (κ3) is 4.11. The normalized spacial score (nSPS) is 21.2. The summed E-state index contributed by atoms with van der Waals surface area (Å²) in [5.74, 6) is -1.32. The maximum Gasteiger partial charge on any atom is 0.553 e. The highest BCUT2D eigenvalue weighted by Gasteiger charge is 2.71. The van der Waals surface area contributed by atoms with Crippen LogP contribution >= 0.6 is 15.6 Å². The molecular formula is C33H30N4O8P2+2. The first-order valence-corrected chi connectivity index (χ1v) is 18.3. The molecule has 0 bridgehead atoms. The van der Waals surface area contributed by atoms with Gasteiger partial charge in [-0.05, 0) is 49.6 Å². The molecule has 1 unspecified atom stereocenters. The van der Waals surface area contributed by atoms with Crippen LogP contribution < -0.4 is 10.7 Å². The first kappa shape index (κ1) is 29.2. The number of hydrogen-bond acceptors (Lipinski definition) is 4. The summed E-state index contributed by atoms with van der Waals surface area (Å²) in [5, 5.41) is 2.12. The molecule has 3 aromatic rings. The fourth-order valence-corrected chi connectivity index (χ4v) is 8.76. The van der Waals surface area contributed by atoms with E-state index >= 15 is 0 Å². The molecule has 47 heavy (non-hydrogen) atoms. The van der Waals surface area contributed by atoms with Crippen LogP contribution in [0, 0.1) is 12.8 Å². The highest BCUT2D eigenvalue weighted by molar-refractivity contribution is 7.46. The molecule has 0 aliphatic carbocycles. The molecule has 14 heteroatoms. The van der Waals surface area contributed by atoms with Gasteiger partial charge in [-0.25, -0.2) is 9.13 Å². The van der Waals surface area contributed by atoms with Gasteiger partial charge in [0.1, 0.15) is 0 Å². The SMILES string of the molecule is Cc1ccc(C2=c3ccc4n3C35n6c(ccc62)C=C2C=CC(=[N+]23)C(C(CCOP(=O)(O)O)CCOP(=O)(O)O)=C2C=CC(=[N+]25)C=4)cc1. The topological polar surface area (TPSA) is 149 Å². The van der Waals surface area contributed by atoms with Crippen LogP contribution in [0.5, 0.6) is 0 Å². The Balaban J connectivity index is 1.30. The molecule has 238 valence electrons. The molecule has 0 saturated heterocycles. The molecule has 6 aliphatic rings. The minimum atomic E-state index is -4.74. The predicted molar refractivity (Wildman–Crippen MR) is 171 cm³/mol. The number of nitrogens with zero attached hydrogens (tertiary/aromatic N) is 4. The highest BCUT2D eigenvalue weighted by atomic mass is 31.2. The van der Waals surface area contributed by atoms with Crippen LogP contribution in [0.1, 0.15) is 35.4 Å². The van der Waals surface area contributed by atoms with Gasteiger partial charge < -0.3 is 19.6 Å². The molecule has 9 rings (SSSR count). The quantitative estimate of drug-likeness (QED) is 0.190. The lowest BCUT2D eigenvalue weighted by Gasteiger charge is -2.40. The van der Waals surface area contributed by atoms with E-state index < -0.39 is 27.5 Å². The van der Waals surface area contributed by atoms with Gasteiger partial charge in [-0.2, -0.15) is 9.13 Å². The fourth-order valence-electron chi connectivity index (χ4n) is 8.07. The molecule has 12 nitrogen and oxygen atoms in total. The Bertz CT molecular complexity index is 2350. The second-order valence-corrected chi connectivity index (χ2v) is 14.9. The van der Waals surface area contributed by atoms with Gasteiger partial charge in [0.05, 0.1) is 40.9 Å². The summed E-state index contributed by atoms with van der Waals surface area (Å²) in [6.45, 7) is 1.56. The zero-order chi connectivity index (χ0) is 32.5. The maximum absolute atomic E-state index is 11.6. The van der Waals surface area contributed by atoms with Crippen molar-refractivity contribution in [1.82, 2.24) is 9.13 Å². The first-order valence-electron chi connectivity index (χ1n) is 15.3. The summed E-state index contributed by atoms with van der Waals surface area (Å²) in [4.78, 5) is 37.7. The van der Waals surface area contributed by atoms with E-state index in [1.807, 2.05) is 0 Å². The van der Waals surface area contributed by atoms with Crippen LogP contribution in [0.15, 0.2) is 89.8 Å². The van der Waals surface area contributed by atoms with E-state index in [0.29, 0.717) is 0 Å². The third-order valence-corrected chi connectivity index (χ3v) is 10.7. The number of allylic oxidation sites excluding steroid dienone is 5. The summed E-state index contributed by atoms with van der Waals surface area (Å²) >= 11 is 0. The smallest absolute Gasteiger partial charge is 0.303 e. The summed E-state index contributed by atoms with van der Waals surface area (Å²) in [6, 6.07) is 17.3. The number of phosphoric acid groups is 2. The zero-order valence-corrected chi connectivity index (χ0v) is 26.9. The summed E-state index contributed by atoms with van der Waals surface area (Å²) in [5.41, 5.74) is 10.1. The molecule has 1 atom stereocenters. The number of phosphoric ester groups is 2. The van der Waals surface area contributed by atoms with E-state index in [4.69, 9.17) is 9.05 Å². The van der Waals surface area contributed by atoms with E-state index in [1.54, 1.807) is 0 Å². The largest absolute Gasteiger partial charge is 0.553 e. The van der Waals surface area contributed by atoms with E-state index in [2.05, 4.69) is 110 Å². The van der Waals surface area contributed by atoms with Gasteiger partial charge in [0.2, 0.25) is 22.8 Å². The average Bonchev–Trinajstić information content (AvgIpc) is 3.81. The summed E-state index contributed by atoms with van der Waals surface area (Å²) < 4.78 is 42.3. The molecule has 8 heterocycles. The monoisotopic (exact) mass is 672 g/mol. The van der Waals surface area contributed by atoms with Crippen LogP contribution in [0.4, 0.5) is 0 Å². The van der Waals surface area contributed by atoms with Crippen molar-refractivity contribution in [3.05, 3.63) is 123 Å². The standard InChI is InChI=1S/C33H28N4O8P2/c1-20-2-4-21(5-3-20)31-27-10-6-23-18-25-8-12-29-32(22(14-16-44-46(38,39)40)15-17-45-47(41,42)43)30-13-9-26-19-24-7-11-28(31)35(24)33(34(23)27,36(25)29)37(26)30/h2-13,18-19,22H,14-17H2,1H3,(H2-2,38,39,40,41,42,43)/p+2. The number of rotatable bonds is 10. The Kier molecular flexibility index (Phi) is 6.08. The molecular weight excluding hydrogens is 642 g/mol. The van der Waals surface area contributed by atoms with Crippen molar-refractivity contribution in [1.29, 1.82) is 0 Å². The first-order chi connectivity index (χ1) is 22.5. The van der Waals surface area contributed by atoms with E-state index in [9.17, 15) is 28.7 Å². The minimum absolute atomic E-state index is 0.178. The fraction of sp³-hybridized carbons (Fsp3) is 0.212. The average molecular weight is 673 g/mol. The number of benzene rings is 1. The molecule has 1 spiro atoms. The van der Waals surface area contributed by atoms with Crippen LogP contribution in [0.3, 0.4) is 0 Å². The van der Waals surface area contributed by atoms with Gasteiger partial charge in [-0.1, -0.05) is 39.0 Å². The lowest BCUT2D eigenvalue weighted by atomic mass is 9.86. The summed E-state index contributed by atoms with van der Waals surface area (Å²) in [7, 11) is -9.48. The van der Waals surface area contributed by atoms with Crippen molar-refractivity contribution < 1.29 is 46.9 Å². The van der Waals surface area contributed by atoms with Crippen molar-refractivity contribution in [3.63, 3.8) is 0 Å². The number of hydrogen-bond donors (Lipinski definition) is 4. The van der Waals surface area contributed by atoms with Crippen molar-refractivity contribution in [2.24, 2.45) is 5.92 Å². The Morgan fingerprint density at radius 2 is 1.53 bits per heavy atom. The third-order valence-electron chi connectivity index (χ3n) is 9.70. The minimum Gasteiger partial charge on any atom is -0.303 e. The second kappa shape index (κ2) is 9.79. The van der Waals surface area contributed by atoms with Crippen molar-refractivity contribution in [2.75, 3.05) is 13.2 Å². The Morgan fingerprint density at radius 3 is 2.23 bits per heavy atom. The highest BCUT2D eigenvalue weighted by Crippen LogP contribution is 2.49. The van der Waals surface area contributed by atoms with E-state index in [1.165, 1.54) is 5.56 Å². The Morgan fingerprint density at radius 1 is 0.809 bits per heavy atom. The molecule has 2 aromatic heterocycles. The van der Waals surface area contributed by atoms with Gasteiger partial charge >= 0.3 is 21.6 Å². The van der Waals surface area contributed by atoms with Crippen LogP contribution in [0.2, 0.25) is 0 Å². The molecule has 0 amide bonds.